The van der Waals surface area contributed by atoms with Gasteiger partial charge in [-0.05, 0) is 91.3 Å². The highest BCUT2D eigenvalue weighted by atomic mass is 16.4. The van der Waals surface area contributed by atoms with Crippen molar-refractivity contribution in [3.05, 3.63) is 12.2 Å². The maximum absolute atomic E-state index is 11.4. The number of carbonyl (C=O) groups is 1. The van der Waals surface area contributed by atoms with Crippen molar-refractivity contribution in [3.8, 4) is 0 Å². The first kappa shape index (κ1) is 20.4. The molecule has 0 amide bonds. The molecule has 3 fully saturated rings. The molecule has 0 radical (unpaired) electrons. The van der Waals surface area contributed by atoms with Gasteiger partial charge in [0.15, 0.2) is 0 Å². The van der Waals surface area contributed by atoms with Crippen molar-refractivity contribution in [1.82, 2.24) is 0 Å². The first-order valence-corrected chi connectivity index (χ1v) is 11.4. The maximum atomic E-state index is 11.4. The lowest BCUT2D eigenvalue weighted by molar-refractivity contribution is -0.194. The highest BCUT2D eigenvalue weighted by Gasteiger charge is 2.65. The van der Waals surface area contributed by atoms with Gasteiger partial charge in [0.25, 0.3) is 0 Å². The van der Waals surface area contributed by atoms with Crippen LogP contribution in [0.1, 0.15) is 72.1 Å². The van der Waals surface area contributed by atoms with E-state index < -0.39 is 5.97 Å². The van der Waals surface area contributed by atoms with Crippen molar-refractivity contribution in [3.63, 3.8) is 0 Å². The fourth-order valence-electron chi connectivity index (χ4n) is 8.29. The van der Waals surface area contributed by atoms with Gasteiger partial charge >= 0.3 is 5.97 Å². The number of rotatable bonds is 4. The second-order valence-corrected chi connectivity index (χ2v) is 10.9. The second-order valence-electron chi connectivity index (χ2n) is 10.9. The first-order chi connectivity index (χ1) is 13.2. The smallest absolute Gasteiger partial charge is 0.303 e. The van der Waals surface area contributed by atoms with Gasteiger partial charge in [0, 0.05) is 6.42 Å². The average Bonchev–Trinajstić information content (AvgIpc) is 3.00. The van der Waals surface area contributed by atoms with E-state index in [4.69, 9.17) is 5.11 Å². The normalized spacial score (nSPS) is 51.1. The summed E-state index contributed by atoms with van der Waals surface area (Å²) in [5, 5.41) is 31.8. The Hall–Kier alpha value is -0.870. The topological polar surface area (TPSA) is 77.8 Å². The molecule has 0 aliphatic heterocycles. The molecule has 0 bridgehead atoms. The third-order valence-electron chi connectivity index (χ3n) is 9.91. The number of hydrogen-bond acceptors (Lipinski definition) is 3. The molecule has 158 valence electrons. The molecule has 4 nitrogen and oxygen atoms in total. The van der Waals surface area contributed by atoms with E-state index in [1.54, 1.807) is 0 Å². The molecule has 0 aromatic heterocycles. The number of aliphatic carboxylic acids is 1. The molecule has 10 atom stereocenters. The summed E-state index contributed by atoms with van der Waals surface area (Å²) >= 11 is 0. The van der Waals surface area contributed by atoms with Crippen LogP contribution in [0.25, 0.3) is 0 Å². The Kier molecular flexibility index (Phi) is 5.19. The first-order valence-electron chi connectivity index (χ1n) is 11.4. The number of allylic oxidation sites excluding steroid dienone is 2. The Morgan fingerprint density at radius 1 is 1.14 bits per heavy atom. The van der Waals surface area contributed by atoms with Gasteiger partial charge in [0.2, 0.25) is 0 Å². The summed E-state index contributed by atoms with van der Waals surface area (Å²) in [7, 11) is 0. The minimum atomic E-state index is -0.733. The molecule has 4 heteroatoms. The Bertz CT molecular complexity index is 645. The van der Waals surface area contributed by atoms with Crippen molar-refractivity contribution in [1.29, 1.82) is 0 Å². The standard InChI is InChI=1S/C24H38O4/c1-14(7-10-21(27)28)16-8-9-17-22-18(13-20(26)24(16,17)3)23(2)11-5-4-6-15(23)12-19(22)25/h4-5,14-20,22,25-26H,6-13H2,1-3H3,(H,27,28)/t14-,15+,16-,17+,18+,19-,20+,22+,23+,24-/m1/s1. The Morgan fingerprint density at radius 3 is 2.61 bits per heavy atom. The van der Waals surface area contributed by atoms with E-state index in [-0.39, 0.29) is 35.4 Å². The Balaban J connectivity index is 1.62. The number of aliphatic hydroxyl groups is 2. The molecule has 4 aliphatic carbocycles. The van der Waals surface area contributed by atoms with Gasteiger partial charge in [0.1, 0.15) is 0 Å². The van der Waals surface area contributed by atoms with E-state index in [1.165, 1.54) is 0 Å². The van der Waals surface area contributed by atoms with E-state index in [2.05, 4.69) is 32.9 Å². The number of carboxylic acids is 1. The lowest BCUT2D eigenvalue weighted by Crippen LogP contribution is -2.61. The summed E-state index contributed by atoms with van der Waals surface area (Å²) in [5.74, 6) is 1.43. The molecule has 4 aliphatic rings. The predicted octanol–water partition coefficient (Wildman–Crippen LogP) is 4.25. The van der Waals surface area contributed by atoms with Crippen LogP contribution in [0.15, 0.2) is 12.2 Å². The molecule has 0 aromatic carbocycles. The van der Waals surface area contributed by atoms with Crippen LogP contribution >= 0.6 is 0 Å². The van der Waals surface area contributed by atoms with Crippen LogP contribution in [-0.2, 0) is 4.79 Å². The van der Waals surface area contributed by atoms with Crippen LogP contribution in [0.2, 0.25) is 0 Å². The number of aliphatic hydroxyl groups excluding tert-OH is 2. The summed E-state index contributed by atoms with van der Waals surface area (Å²) in [6, 6.07) is 0. The minimum Gasteiger partial charge on any atom is -0.481 e. The van der Waals surface area contributed by atoms with Crippen LogP contribution in [0.3, 0.4) is 0 Å². The Labute approximate surface area is 169 Å². The average molecular weight is 391 g/mol. The van der Waals surface area contributed by atoms with Gasteiger partial charge in [-0.25, -0.2) is 0 Å². The molecule has 0 spiro atoms. The predicted molar refractivity (Wildman–Crippen MR) is 109 cm³/mol. The minimum absolute atomic E-state index is 0.188. The van der Waals surface area contributed by atoms with Crippen LogP contribution in [0, 0.1) is 46.3 Å². The van der Waals surface area contributed by atoms with Crippen molar-refractivity contribution in [2.45, 2.75) is 84.3 Å². The van der Waals surface area contributed by atoms with Crippen LogP contribution in [0.5, 0.6) is 0 Å². The molecule has 28 heavy (non-hydrogen) atoms. The van der Waals surface area contributed by atoms with Gasteiger partial charge in [-0.3, -0.25) is 4.79 Å². The van der Waals surface area contributed by atoms with E-state index in [1.807, 2.05) is 0 Å². The van der Waals surface area contributed by atoms with Gasteiger partial charge in [-0.2, -0.15) is 0 Å². The monoisotopic (exact) mass is 390 g/mol. The molecule has 3 saturated carbocycles. The van der Waals surface area contributed by atoms with Gasteiger partial charge < -0.3 is 15.3 Å². The third kappa shape index (κ3) is 2.89. The molecule has 0 aromatic rings. The lowest BCUT2D eigenvalue weighted by atomic mass is 9.43. The van der Waals surface area contributed by atoms with Crippen molar-refractivity contribution in [2.24, 2.45) is 46.3 Å². The zero-order valence-electron chi connectivity index (χ0n) is 17.7. The molecular weight excluding hydrogens is 352 g/mol. The van der Waals surface area contributed by atoms with Crippen LogP contribution in [0.4, 0.5) is 0 Å². The molecular formula is C24H38O4. The largest absolute Gasteiger partial charge is 0.481 e. The number of carboxylic acid groups (broad SMARTS) is 1. The van der Waals surface area contributed by atoms with E-state index >= 15 is 0 Å². The highest BCUT2D eigenvalue weighted by molar-refractivity contribution is 5.66. The van der Waals surface area contributed by atoms with E-state index in [9.17, 15) is 15.0 Å². The third-order valence-corrected chi connectivity index (χ3v) is 9.91. The fraction of sp³-hybridized carbons (Fsp3) is 0.875. The number of fused-ring (bicyclic) bond motifs is 5. The van der Waals surface area contributed by atoms with Crippen molar-refractivity contribution in [2.75, 3.05) is 0 Å². The van der Waals surface area contributed by atoms with Crippen molar-refractivity contribution < 1.29 is 20.1 Å². The van der Waals surface area contributed by atoms with Crippen LogP contribution in [-0.4, -0.2) is 33.5 Å². The molecule has 0 heterocycles. The SMILES string of the molecule is C[C@H](CCC(=O)O)[C@H]1CC[C@H]2[C@@H]3[C@H](O)C[C@@H]4CC=CC[C@]4(C)[C@H]3C[C@H](O)[C@]12C. The maximum Gasteiger partial charge on any atom is 0.303 e. The van der Waals surface area contributed by atoms with Gasteiger partial charge in [0.05, 0.1) is 12.2 Å². The van der Waals surface area contributed by atoms with Crippen LogP contribution < -0.4 is 0 Å². The summed E-state index contributed by atoms with van der Waals surface area (Å²) < 4.78 is 0. The Morgan fingerprint density at radius 2 is 1.89 bits per heavy atom. The van der Waals surface area contributed by atoms with E-state index in [0.717, 1.165) is 38.5 Å². The molecule has 0 unspecified atom stereocenters. The summed E-state index contributed by atoms with van der Waals surface area (Å²) in [6.07, 6.45) is 10.8. The second kappa shape index (κ2) is 7.12. The molecule has 4 rings (SSSR count). The summed E-state index contributed by atoms with van der Waals surface area (Å²) in [5.41, 5.74) is -0.0122. The quantitative estimate of drug-likeness (QED) is 0.627. The van der Waals surface area contributed by atoms with Gasteiger partial charge in [-0.1, -0.05) is 32.9 Å². The molecule has 0 saturated heterocycles. The summed E-state index contributed by atoms with van der Waals surface area (Å²) in [6.45, 7) is 6.82. The number of hydrogen-bond donors (Lipinski definition) is 3. The lowest BCUT2D eigenvalue weighted by Gasteiger charge is -2.62. The highest BCUT2D eigenvalue weighted by Crippen LogP contribution is 2.67. The summed E-state index contributed by atoms with van der Waals surface area (Å²) in [4.78, 5) is 11.1. The zero-order chi connectivity index (χ0) is 20.3. The van der Waals surface area contributed by atoms with Gasteiger partial charge in [-0.15, -0.1) is 0 Å². The van der Waals surface area contributed by atoms with Crippen molar-refractivity contribution >= 4 is 5.97 Å². The fourth-order valence-corrected chi connectivity index (χ4v) is 8.29. The zero-order valence-corrected chi connectivity index (χ0v) is 17.7. The van der Waals surface area contributed by atoms with E-state index in [0.29, 0.717) is 36.0 Å². The molecule has 3 N–H and O–H groups in total.